The van der Waals surface area contributed by atoms with Gasteiger partial charge in [0, 0.05) is 30.3 Å². The highest BCUT2D eigenvalue weighted by molar-refractivity contribution is 5.42. The molecule has 0 aromatic heterocycles. The van der Waals surface area contributed by atoms with Crippen LogP contribution in [0.2, 0.25) is 0 Å². The van der Waals surface area contributed by atoms with Crippen LogP contribution in [0.5, 0.6) is 5.75 Å². The van der Waals surface area contributed by atoms with Gasteiger partial charge in [0.1, 0.15) is 5.75 Å². The number of hydrogen-bond donors (Lipinski definition) is 1. The van der Waals surface area contributed by atoms with E-state index < -0.39 is 4.92 Å². The maximum absolute atomic E-state index is 10.8. The molecule has 0 aliphatic carbocycles. The van der Waals surface area contributed by atoms with Crippen LogP contribution in [0.15, 0.2) is 42.5 Å². The summed E-state index contributed by atoms with van der Waals surface area (Å²) < 4.78 is 5.30. The maximum Gasteiger partial charge on any atom is 0.269 e. The highest BCUT2D eigenvalue weighted by atomic mass is 16.6. The second kappa shape index (κ2) is 7.38. The quantitative estimate of drug-likeness (QED) is 0.653. The summed E-state index contributed by atoms with van der Waals surface area (Å²) in [6, 6.07) is 13.8. The highest BCUT2D eigenvalue weighted by Crippen LogP contribution is 2.22. The summed E-state index contributed by atoms with van der Waals surface area (Å²) in [6.07, 6.45) is 0. The van der Waals surface area contributed by atoms with E-state index in [1.165, 1.54) is 6.07 Å². The van der Waals surface area contributed by atoms with Crippen LogP contribution in [0.3, 0.4) is 0 Å². The normalized spacial score (nSPS) is 11.5. The first-order valence-corrected chi connectivity index (χ1v) is 7.10. The molecule has 1 atom stereocenters. The van der Waals surface area contributed by atoms with Crippen LogP contribution in [0.4, 0.5) is 5.69 Å². The standard InChI is InChI=1S/C17H17N3O3/c1-12(14-4-3-5-16(9-14)20(21)22)19-11-15-7-6-13(10-18)8-17(15)23-2/h3-9,12,19H,11H2,1-2H3/t12-/m1/s1. The lowest BCUT2D eigenvalue weighted by molar-refractivity contribution is -0.384. The van der Waals surface area contributed by atoms with Crippen LogP contribution in [0.25, 0.3) is 0 Å². The minimum atomic E-state index is -0.403. The van der Waals surface area contributed by atoms with Crippen molar-refractivity contribution in [2.45, 2.75) is 19.5 Å². The Morgan fingerprint density at radius 2 is 2.13 bits per heavy atom. The smallest absolute Gasteiger partial charge is 0.269 e. The van der Waals surface area contributed by atoms with Gasteiger partial charge in [-0.05, 0) is 24.6 Å². The molecule has 0 aliphatic rings. The van der Waals surface area contributed by atoms with Gasteiger partial charge in [0.05, 0.1) is 23.7 Å². The second-order valence-corrected chi connectivity index (χ2v) is 5.09. The second-order valence-electron chi connectivity index (χ2n) is 5.09. The molecular weight excluding hydrogens is 294 g/mol. The van der Waals surface area contributed by atoms with Crippen molar-refractivity contribution in [1.82, 2.24) is 5.32 Å². The molecule has 2 aromatic carbocycles. The minimum absolute atomic E-state index is 0.0600. The van der Waals surface area contributed by atoms with E-state index in [0.29, 0.717) is 17.9 Å². The number of rotatable bonds is 6. The van der Waals surface area contributed by atoms with Crippen LogP contribution >= 0.6 is 0 Å². The average Bonchev–Trinajstić information content (AvgIpc) is 2.59. The van der Waals surface area contributed by atoms with Gasteiger partial charge >= 0.3 is 0 Å². The SMILES string of the molecule is COc1cc(C#N)ccc1CN[C@H](C)c1cccc([N+](=O)[O-])c1. The number of nitro groups is 1. The Morgan fingerprint density at radius 3 is 2.78 bits per heavy atom. The van der Waals surface area contributed by atoms with E-state index in [-0.39, 0.29) is 11.7 Å². The first-order valence-electron chi connectivity index (χ1n) is 7.10. The molecule has 6 heteroatoms. The van der Waals surface area contributed by atoms with Crippen molar-refractivity contribution in [2.24, 2.45) is 0 Å². The Kier molecular flexibility index (Phi) is 5.28. The van der Waals surface area contributed by atoms with Gasteiger partial charge in [-0.3, -0.25) is 10.1 Å². The molecule has 6 nitrogen and oxygen atoms in total. The van der Waals surface area contributed by atoms with Gasteiger partial charge in [-0.25, -0.2) is 0 Å². The lowest BCUT2D eigenvalue weighted by atomic mass is 10.1. The Labute approximate surface area is 134 Å². The van der Waals surface area contributed by atoms with Gasteiger partial charge in [0.2, 0.25) is 0 Å². The molecule has 2 rings (SSSR count). The van der Waals surface area contributed by atoms with Gasteiger partial charge in [-0.15, -0.1) is 0 Å². The first-order chi connectivity index (χ1) is 11.0. The number of benzene rings is 2. The number of hydrogen-bond acceptors (Lipinski definition) is 5. The fourth-order valence-electron chi connectivity index (χ4n) is 2.25. The van der Waals surface area contributed by atoms with Crippen LogP contribution in [0.1, 0.15) is 29.7 Å². The van der Waals surface area contributed by atoms with E-state index in [0.717, 1.165) is 11.1 Å². The molecule has 0 fully saturated rings. The van der Waals surface area contributed by atoms with Crippen LogP contribution in [-0.4, -0.2) is 12.0 Å². The zero-order chi connectivity index (χ0) is 16.8. The predicted molar refractivity (Wildman–Crippen MR) is 86.1 cm³/mol. The number of nitro benzene ring substituents is 1. The average molecular weight is 311 g/mol. The fourth-order valence-corrected chi connectivity index (χ4v) is 2.25. The number of methoxy groups -OCH3 is 1. The summed E-state index contributed by atoms with van der Waals surface area (Å²) >= 11 is 0. The molecular formula is C17H17N3O3. The molecule has 0 spiro atoms. The molecule has 118 valence electrons. The van der Waals surface area contributed by atoms with Crippen LogP contribution < -0.4 is 10.1 Å². The van der Waals surface area contributed by atoms with E-state index in [1.54, 1.807) is 31.4 Å². The largest absolute Gasteiger partial charge is 0.496 e. The summed E-state index contributed by atoms with van der Waals surface area (Å²) in [5, 5.41) is 23.1. The van der Waals surface area contributed by atoms with Crippen molar-refractivity contribution >= 4 is 5.69 Å². The summed E-state index contributed by atoms with van der Waals surface area (Å²) in [5.74, 6) is 0.641. The predicted octanol–water partition coefficient (Wildman–Crippen LogP) is 3.33. The van der Waals surface area contributed by atoms with Crippen molar-refractivity contribution in [3.05, 3.63) is 69.3 Å². The molecule has 0 saturated carbocycles. The Hall–Kier alpha value is -2.91. The van der Waals surface area contributed by atoms with Crippen molar-refractivity contribution in [3.63, 3.8) is 0 Å². The van der Waals surface area contributed by atoms with Crippen molar-refractivity contribution < 1.29 is 9.66 Å². The zero-order valence-corrected chi connectivity index (χ0v) is 12.9. The fraction of sp³-hybridized carbons (Fsp3) is 0.235. The molecule has 1 N–H and O–H groups in total. The Morgan fingerprint density at radius 1 is 1.35 bits per heavy atom. The van der Waals surface area contributed by atoms with E-state index in [4.69, 9.17) is 10.00 Å². The third-order valence-corrected chi connectivity index (χ3v) is 3.60. The van der Waals surface area contributed by atoms with E-state index in [1.807, 2.05) is 19.1 Å². The van der Waals surface area contributed by atoms with Gasteiger partial charge in [0.25, 0.3) is 5.69 Å². The minimum Gasteiger partial charge on any atom is -0.496 e. The molecule has 0 heterocycles. The summed E-state index contributed by atoms with van der Waals surface area (Å²) in [5.41, 5.74) is 2.38. The summed E-state index contributed by atoms with van der Waals surface area (Å²) in [7, 11) is 1.56. The molecule has 0 amide bonds. The molecule has 0 saturated heterocycles. The van der Waals surface area contributed by atoms with E-state index in [2.05, 4.69) is 11.4 Å². The monoisotopic (exact) mass is 311 g/mol. The molecule has 2 aromatic rings. The maximum atomic E-state index is 10.8. The Bertz CT molecular complexity index is 753. The Balaban J connectivity index is 2.10. The number of nitrogens with zero attached hydrogens (tertiary/aromatic N) is 2. The third-order valence-electron chi connectivity index (χ3n) is 3.60. The number of ether oxygens (including phenoxy) is 1. The van der Waals surface area contributed by atoms with Gasteiger partial charge in [-0.1, -0.05) is 18.2 Å². The highest BCUT2D eigenvalue weighted by Gasteiger charge is 2.12. The number of nitrogens with one attached hydrogen (secondary N) is 1. The molecule has 0 bridgehead atoms. The van der Waals surface area contributed by atoms with Crippen molar-refractivity contribution in [2.75, 3.05) is 7.11 Å². The van der Waals surface area contributed by atoms with Crippen LogP contribution in [-0.2, 0) is 6.54 Å². The van der Waals surface area contributed by atoms with Crippen molar-refractivity contribution in [3.8, 4) is 11.8 Å². The zero-order valence-electron chi connectivity index (χ0n) is 12.9. The summed E-state index contributed by atoms with van der Waals surface area (Å²) in [4.78, 5) is 10.4. The van der Waals surface area contributed by atoms with Gasteiger partial charge in [0.15, 0.2) is 0 Å². The molecule has 0 unspecified atom stereocenters. The van der Waals surface area contributed by atoms with E-state index >= 15 is 0 Å². The third kappa shape index (κ3) is 4.05. The first kappa shape index (κ1) is 16.5. The van der Waals surface area contributed by atoms with Gasteiger partial charge < -0.3 is 10.1 Å². The summed E-state index contributed by atoms with van der Waals surface area (Å²) in [6.45, 7) is 2.47. The molecule has 0 radical (unpaired) electrons. The number of non-ortho nitro benzene ring substituents is 1. The molecule has 23 heavy (non-hydrogen) atoms. The van der Waals surface area contributed by atoms with Crippen molar-refractivity contribution in [1.29, 1.82) is 5.26 Å². The number of nitriles is 1. The molecule has 0 aliphatic heterocycles. The van der Waals surface area contributed by atoms with Gasteiger partial charge in [-0.2, -0.15) is 5.26 Å². The van der Waals surface area contributed by atoms with E-state index in [9.17, 15) is 10.1 Å². The van der Waals surface area contributed by atoms with Crippen LogP contribution in [0, 0.1) is 21.4 Å². The lowest BCUT2D eigenvalue weighted by Gasteiger charge is -2.16. The lowest BCUT2D eigenvalue weighted by Crippen LogP contribution is -2.18. The topological polar surface area (TPSA) is 88.2 Å².